The normalized spacial score (nSPS) is 10.5. The molecule has 0 bridgehead atoms. The summed E-state index contributed by atoms with van der Waals surface area (Å²) in [4.78, 5) is 28.4. The maximum Gasteiger partial charge on any atom is 0.298 e. The minimum absolute atomic E-state index is 0.110. The molecular weight excluding hydrogens is 221 g/mol. The molecule has 0 aliphatic rings. The first-order chi connectivity index (χ1) is 8.06. The Bertz CT molecular complexity index is 666. The molecule has 0 saturated heterocycles. The van der Waals surface area contributed by atoms with Crippen LogP contribution in [0.3, 0.4) is 0 Å². The van der Waals surface area contributed by atoms with Gasteiger partial charge in [0, 0.05) is 5.56 Å². The summed E-state index contributed by atoms with van der Waals surface area (Å²) in [5.41, 5.74) is 0.829. The van der Waals surface area contributed by atoms with Crippen molar-refractivity contribution in [3.63, 3.8) is 0 Å². The molecule has 2 rings (SSSR count). The van der Waals surface area contributed by atoms with Crippen LogP contribution in [-0.2, 0) is 0 Å². The van der Waals surface area contributed by atoms with Gasteiger partial charge in [-0.2, -0.15) is 0 Å². The molecule has 85 valence electrons. The van der Waals surface area contributed by atoms with Gasteiger partial charge in [0.25, 0.3) is 11.2 Å². The van der Waals surface area contributed by atoms with Crippen LogP contribution in [0, 0.1) is 17.0 Å². The highest BCUT2D eigenvalue weighted by atomic mass is 16.6. The number of aromatic amines is 1. The molecule has 1 N–H and O–H groups in total. The number of benzene rings is 1. The SMILES string of the molecule is C[B]c1cc2c(=O)[nH]cnc2c([N+](=O)[O-])c1C. The number of nitrogens with one attached hydrogen (secondary N) is 1. The molecule has 0 unspecified atom stereocenters. The monoisotopic (exact) mass is 230 g/mol. The van der Waals surface area contributed by atoms with E-state index >= 15 is 0 Å². The van der Waals surface area contributed by atoms with Crippen LogP contribution in [0.2, 0.25) is 6.82 Å². The number of nitro groups is 1. The zero-order valence-electron chi connectivity index (χ0n) is 9.35. The maximum absolute atomic E-state index is 11.6. The number of aromatic nitrogens is 2. The third-order valence-electron chi connectivity index (χ3n) is 2.69. The summed E-state index contributed by atoms with van der Waals surface area (Å²) in [5.74, 6) is 0. The fourth-order valence-corrected chi connectivity index (χ4v) is 1.83. The van der Waals surface area contributed by atoms with Gasteiger partial charge in [-0.3, -0.25) is 14.9 Å². The van der Waals surface area contributed by atoms with E-state index in [1.165, 1.54) is 6.33 Å². The predicted molar refractivity (Wildman–Crippen MR) is 65.0 cm³/mol. The van der Waals surface area contributed by atoms with Gasteiger partial charge in [0.05, 0.1) is 16.6 Å². The van der Waals surface area contributed by atoms with Gasteiger partial charge in [-0.05, 0) is 6.92 Å². The molecular formula is C10H9BN3O3. The summed E-state index contributed by atoms with van der Waals surface area (Å²) >= 11 is 0. The van der Waals surface area contributed by atoms with Crippen molar-refractivity contribution >= 4 is 29.3 Å². The molecule has 0 aliphatic heterocycles. The van der Waals surface area contributed by atoms with E-state index in [9.17, 15) is 14.9 Å². The van der Waals surface area contributed by atoms with E-state index in [1.807, 2.05) is 0 Å². The molecule has 7 heteroatoms. The Labute approximate surface area is 97.1 Å². The molecule has 6 nitrogen and oxygen atoms in total. The summed E-state index contributed by atoms with van der Waals surface area (Å²) in [6.07, 6.45) is 1.17. The molecule has 17 heavy (non-hydrogen) atoms. The smallest absolute Gasteiger partial charge is 0.298 e. The second-order valence-electron chi connectivity index (χ2n) is 3.61. The number of rotatable bonds is 2. The van der Waals surface area contributed by atoms with Gasteiger partial charge in [-0.15, -0.1) is 0 Å². The molecule has 1 aromatic heterocycles. The fraction of sp³-hybridized carbons (Fsp3) is 0.200. The van der Waals surface area contributed by atoms with E-state index in [0.29, 0.717) is 11.0 Å². The highest BCUT2D eigenvalue weighted by molar-refractivity contribution is 6.53. The van der Waals surface area contributed by atoms with Crippen LogP contribution in [0.4, 0.5) is 5.69 Å². The number of nitrogens with zero attached hydrogens (tertiary/aromatic N) is 2. The minimum Gasteiger partial charge on any atom is -0.313 e. The lowest BCUT2D eigenvalue weighted by Gasteiger charge is -2.06. The van der Waals surface area contributed by atoms with Gasteiger partial charge in [-0.1, -0.05) is 18.4 Å². The first-order valence-corrected chi connectivity index (χ1v) is 5.01. The maximum atomic E-state index is 11.6. The Morgan fingerprint density at radius 2 is 2.24 bits per heavy atom. The van der Waals surface area contributed by atoms with Crippen molar-refractivity contribution in [1.29, 1.82) is 0 Å². The molecule has 0 amide bonds. The average molecular weight is 230 g/mol. The zero-order valence-corrected chi connectivity index (χ0v) is 9.35. The summed E-state index contributed by atoms with van der Waals surface area (Å²) in [7, 11) is 1.73. The van der Waals surface area contributed by atoms with Gasteiger partial charge in [-0.25, -0.2) is 4.98 Å². The van der Waals surface area contributed by atoms with Gasteiger partial charge in [0.15, 0.2) is 5.52 Å². The van der Waals surface area contributed by atoms with E-state index in [1.54, 1.807) is 27.1 Å². The van der Waals surface area contributed by atoms with Crippen molar-refractivity contribution in [2.24, 2.45) is 0 Å². The molecule has 1 radical (unpaired) electrons. The highest BCUT2D eigenvalue weighted by Gasteiger charge is 2.21. The Morgan fingerprint density at radius 3 is 2.82 bits per heavy atom. The van der Waals surface area contributed by atoms with Gasteiger partial charge >= 0.3 is 0 Å². The number of hydrogen-bond donors (Lipinski definition) is 1. The van der Waals surface area contributed by atoms with Crippen molar-refractivity contribution < 1.29 is 4.92 Å². The van der Waals surface area contributed by atoms with Gasteiger partial charge in [0.1, 0.15) is 7.28 Å². The first-order valence-electron chi connectivity index (χ1n) is 5.01. The number of nitro benzene ring substituents is 1. The molecule has 0 fully saturated rings. The van der Waals surface area contributed by atoms with Crippen LogP contribution in [-0.4, -0.2) is 22.2 Å². The summed E-state index contributed by atoms with van der Waals surface area (Å²) < 4.78 is 0. The largest absolute Gasteiger partial charge is 0.313 e. The minimum atomic E-state index is -0.503. The van der Waals surface area contributed by atoms with Crippen LogP contribution in [0.25, 0.3) is 10.9 Å². The second-order valence-corrected chi connectivity index (χ2v) is 3.61. The summed E-state index contributed by atoms with van der Waals surface area (Å²) in [5, 5.41) is 11.3. The lowest BCUT2D eigenvalue weighted by molar-refractivity contribution is -0.383. The summed E-state index contributed by atoms with van der Waals surface area (Å²) in [6.45, 7) is 3.41. The quantitative estimate of drug-likeness (QED) is 0.462. The van der Waals surface area contributed by atoms with Crippen LogP contribution < -0.4 is 11.0 Å². The molecule has 1 heterocycles. The van der Waals surface area contributed by atoms with Crippen molar-refractivity contribution in [2.75, 3.05) is 0 Å². The van der Waals surface area contributed by atoms with Crippen LogP contribution in [0.1, 0.15) is 5.56 Å². The molecule has 1 aromatic carbocycles. The lowest BCUT2D eigenvalue weighted by Crippen LogP contribution is -2.20. The third kappa shape index (κ3) is 1.69. The lowest BCUT2D eigenvalue weighted by atomic mass is 9.70. The van der Waals surface area contributed by atoms with E-state index in [-0.39, 0.29) is 22.1 Å². The highest BCUT2D eigenvalue weighted by Crippen LogP contribution is 2.23. The van der Waals surface area contributed by atoms with Crippen LogP contribution in [0.15, 0.2) is 17.2 Å². The van der Waals surface area contributed by atoms with E-state index in [0.717, 1.165) is 0 Å². The Balaban J connectivity index is 3.02. The molecule has 2 aromatic rings. The molecule has 0 saturated carbocycles. The Kier molecular flexibility index (Phi) is 2.67. The topological polar surface area (TPSA) is 88.9 Å². The van der Waals surface area contributed by atoms with Crippen molar-refractivity contribution in [2.45, 2.75) is 13.7 Å². The molecule has 0 spiro atoms. The fourth-order valence-electron chi connectivity index (χ4n) is 1.83. The average Bonchev–Trinajstić information content (AvgIpc) is 2.28. The van der Waals surface area contributed by atoms with Crippen LogP contribution >= 0.6 is 0 Å². The first kappa shape index (κ1) is 11.3. The molecule has 0 aliphatic carbocycles. The van der Waals surface area contributed by atoms with Crippen LogP contribution in [0.5, 0.6) is 0 Å². The second kappa shape index (κ2) is 4.01. The van der Waals surface area contributed by atoms with E-state index in [2.05, 4.69) is 9.97 Å². The third-order valence-corrected chi connectivity index (χ3v) is 2.69. The number of hydrogen-bond acceptors (Lipinski definition) is 4. The van der Waals surface area contributed by atoms with Crippen molar-refractivity contribution in [3.05, 3.63) is 38.4 Å². The van der Waals surface area contributed by atoms with E-state index in [4.69, 9.17) is 0 Å². The number of fused-ring (bicyclic) bond motifs is 1. The summed E-state index contributed by atoms with van der Waals surface area (Å²) in [6, 6.07) is 1.61. The van der Waals surface area contributed by atoms with Gasteiger partial charge < -0.3 is 4.98 Å². The Morgan fingerprint density at radius 1 is 1.53 bits per heavy atom. The van der Waals surface area contributed by atoms with Crippen molar-refractivity contribution in [3.8, 4) is 0 Å². The Hall–Kier alpha value is -2.18. The molecule has 0 atom stereocenters. The zero-order chi connectivity index (χ0) is 12.6. The van der Waals surface area contributed by atoms with E-state index < -0.39 is 4.92 Å². The standard InChI is InChI=1S/C10H9BN3O3/c1-5-7(11-2)3-6-8(9(5)14(16)17)12-4-13-10(6)15/h3-4H,1-2H3,(H,12,13,15). The number of H-pyrrole nitrogens is 1. The predicted octanol–water partition coefficient (Wildman–Crippen LogP) is 0.517. The van der Waals surface area contributed by atoms with Gasteiger partial charge in [0.2, 0.25) is 0 Å². The van der Waals surface area contributed by atoms with Crippen molar-refractivity contribution in [1.82, 2.24) is 9.97 Å².